The molecule has 2 rings (SSSR count). The van der Waals surface area contributed by atoms with Crippen LogP contribution in [0.4, 0.5) is 18.0 Å². The molecule has 25 heavy (non-hydrogen) atoms. The fraction of sp³-hybridized carbons (Fsp3) is 0.588. The summed E-state index contributed by atoms with van der Waals surface area (Å²) in [5.41, 5.74) is 0.370. The number of benzene rings is 1. The SMILES string of the molecule is CC(C)(C)OC(=O)N1CCN(Cc2ccc(OC(F)(F)F)cc2)CC1. The van der Waals surface area contributed by atoms with Crippen molar-refractivity contribution < 1.29 is 27.4 Å². The number of carbonyl (C=O) groups excluding carboxylic acids is 1. The van der Waals surface area contributed by atoms with Gasteiger partial charge in [0.05, 0.1) is 0 Å². The molecule has 0 unspecified atom stereocenters. The van der Waals surface area contributed by atoms with E-state index in [0.717, 1.165) is 5.56 Å². The number of carbonyl (C=O) groups is 1. The van der Waals surface area contributed by atoms with Gasteiger partial charge in [-0.15, -0.1) is 13.2 Å². The summed E-state index contributed by atoms with van der Waals surface area (Å²) in [7, 11) is 0. The third-order valence-corrected chi connectivity index (χ3v) is 3.59. The minimum atomic E-state index is -4.68. The lowest BCUT2D eigenvalue weighted by Crippen LogP contribution is -2.49. The maximum atomic E-state index is 12.1. The maximum absolute atomic E-state index is 12.1. The lowest BCUT2D eigenvalue weighted by Gasteiger charge is -2.35. The predicted molar refractivity (Wildman–Crippen MR) is 86.2 cm³/mol. The number of halogens is 3. The van der Waals surface area contributed by atoms with E-state index >= 15 is 0 Å². The molecule has 0 aromatic heterocycles. The number of hydrogen-bond acceptors (Lipinski definition) is 4. The number of nitrogens with zero attached hydrogens (tertiary/aromatic N) is 2. The van der Waals surface area contributed by atoms with Crippen LogP contribution in [0.15, 0.2) is 24.3 Å². The van der Waals surface area contributed by atoms with Crippen LogP contribution < -0.4 is 4.74 Å². The molecule has 0 aliphatic carbocycles. The van der Waals surface area contributed by atoms with Gasteiger partial charge in [-0.25, -0.2) is 4.79 Å². The normalized spacial score (nSPS) is 16.6. The summed E-state index contributed by atoms with van der Waals surface area (Å²) in [6.45, 7) is 8.57. The van der Waals surface area contributed by atoms with Gasteiger partial charge in [0.1, 0.15) is 11.4 Å². The molecule has 1 aliphatic rings. The van der Waals surface area contributed by atoms with Gasteiger partial charge in [0.2, 0.25) is 0 Å². The molecule has 0 N–H and O–H groups in total. The van der Waals surface area contributed by atoms with Crippen molar-refractivity contribution in [3.05, 3.63) is 29.8 Å². The van der Waals surface area contributed by atoms with Crippen molar-refractivity contribution in [3.8, 4) is 5.75 Å². The van der Waals surface area contributed by atoms with Crippen molar-refractivity contribution in [1.82, 2.24) is 9.80 Å². The Morgan fingerprint density at radius 3 is 2.08 bits per heavy atom. The minimum Gasteiger partial charge on any atom is -0.444 e. The number of piperazine rings is 1. The van der Waals surface area contributed by atoms with Gasteiger partial charge in [0.25, 0.3) is 0 Å². The van der Waals surface area contributed by atoms with E-state index in [1.165, 1.54) is 12.1 Å². The molecule has 1 saturated heterocycles. The van der Waals surface area contributed by atoms with Crippen LogP contribution in [0.5, 0.6) is 5.75 Å². The summed E-state index contributed by atoms with van der Waals surface area (Å²) in [6, 6.07) is 5.84. The fourth-order valence-electron chi connectivity index (χ4n) is 2.47. The van der Waals surface area contributed by atoms with Gasteiger partial charge < -0.3 is 14.4 Å². The second kappa shape index (κ2) is 7.51. The van der Waals surface area contributed by atoms with Crippen LogP contribution in [0.3, 0.4) is 0 Å². The van der Waals surface area contributed by atoms with Crippen LogP contribution in [0.1, 0.15) is 26.3 Å². The van der Waals surface area contributed by atoms with Gasteiger partial charge in [-0.1, -0.05) is 12.1 Å². The Labute approximate surface area is 145 Å². The van der Waals surface area contributed by atoms with E-state index in [-0.39, 0.29) is 11.8 Å². The smallest absolute Gasteiger partial charge is 0.444 e. The summed E-state index contributed by atoms with van der Waals surface area (Å²) < 4.78 is 45.6. The monoisotopic (exact) mass is 360 g/mol. The Morgan fingerprint density at radius 2 is 1.60 bits per heavy atom. The zero-order valence-electron chi connectivity index (χ0n) is 14.6. The Kier molecular flexibility index (Phi) is 5.82. The van der Waals surface area contributed by atoms with E-state index in [9.17, 15) is 18.0 Å². The molecule has 1 fully saturated rings. The van der Waals surface area contributed by atoms with E-state index in [4.69, 9.17) is 4.74 Å². The van der Waals surface area contributed by atoms with Crippen LogP contribution in [0.2, 0.25) is 0 Å². The summed E-state index contributed by atoms with van der Waals surface area (Å²) >= 11 is 0. The second-order valence-corrected chi connectivity index (χ2v) is 6.94. The highest BCUT2D eigenvalue weighted by molar-refractivity contribution is 5.68. The molecular formula is C17H23F3N2O3. The molecule has 0 bridgehead atoms. The highest BCUT2D eigenvalue weighted by Crippen LogP contribution is 2.23. The first-order valence-electron chi connectivity index (χ1n) is 8.07. The van der Waals surface area contributed by atoms with Gasteiger partial charge in [0.15, 0.2) is 0 Å². The van der Waals surface area contributed by atoms with E-state index in [2.05, 4.69) is 9.64 Å². The van der Waals surface area contributed by atoms with Crippen molar-refractivity contribution in [2.24, 2.45) is 0 Å². The number of hydrogen-bond donors (Lipinski definition) is 0. The van der Waals surface area contributed by atoms with Crippen molar-refractivity contribution >= 4 is 6.09 Å². The lowest BCUT2D eigenvalue weighted by molar-refractivity contribution is -0.274. The Bertz CT molecular complexity index is 574. The van der Waals surface area contributed by atoms with Crippen molar-refractivity contribution in [1.29, 1.82) is 0 Å². The molecule has 140 valence electrons. The molecule has 8 heteroatoms. The maximum Gasteiger partial charge on any atom is 0.573 e. The van der Waals surface area contributed by atoms with E-state index in [1.54, 1.807) is 17.0 Å². The molecule has 5 nitrogen and oxygen atoms in total. The third kappa shape index (κ3) is 6.81. The van der Waals surface area contributed by atoms with Crippen molar-refractivity contribution in [2.45, 2.75) is 39.3 Å². The van der Waals surface area contributed by atoms with E-state index < -0.39 is 12.0 Å². The number of ether oxygens (including phenoxy) is 2. The quantitative estimate of drug-likeness (QED) is 0.825. The highest BCUT2D eigenvalue weighted by Gasteiger charge is 2.31. The van der Waals surface area contributed by atoms with E-state index in [1.807, 2.05) is 20.8 Å². The molecule has 0 radical (unpaired) electrons. The second-order valence-electron chi connectivity index (χ2n) is 6.94. The van der Waals surface area contributed by atoms with Gasteiger partial charge in [-0.05, 0) is 38.5 Å². The first-order chi connectivity index (χ1) is 11.5. The van der Waals surface area contributed by atoms with Gasteiger partial charge in [-0.3, -0.25) is 4.90 Å². The molecule has 0 atom stereocenters. The molecule has 0 saturated carbocycles. The first kappa shape index (κ1) is 19.4. The molecule has 0 spiro atoms. The average molecular weight is 360 g/mol. The summed E-state index contributed by atoms with van der Waals surface area (Å²) in [6.07, 6.45) is -5.00. The largest absolute Gasteiger partial charge is 0.573 e. The van der Waals surface area contributed by atoms with Crippen LogP contribution in [-0.2, 0) is 11.3 Å². The summed E-state index contributed by atoms with van der Waals surface area (Å²) in [5, 5.41) is 0. The van der Waals surface area contributed by atoms with Gasteiger partial charge in [0, 0.05) is 32.7 Å². The standard InChI is InChI=1S/C17H23F3N2O3/c1-16(2,3)25-15(23)22-10-8-21(9-11-22)12-13-4-6-14(7-5-13)24-17(18,19)20/h4-7H,8-12H2,1-3H3. The lowest BCUT2D eigenvalue weighted by atomic mass is 10.2. The topological polar surface area (TPSA) is 42.0 Å². The number of alkyl halides is 3. The fourth-order valence-corrected chi connectivity index (χ4v) is 2.47. The minimum absolute atomic E-state index is 0.231. The van der Waals surface area contributed by atoms with Crippen molar-refractivity contribution in [2.75, 3.05) is 26.2 Å². The van der Waals surface area contributed by atoms with E-state index in [0.29, 0.717) is 32.7 Å². The Balaban J connectivity index is 1.81. The Hall–Kier alpha value is -1.96. The average Bonchev–Trinajstić information content (AvgIpc) is 2.47. The van der Waals surface area contributed by atoms with Gasteiger partial charge in [-0.2, -0.15) is 0 Å². The highest BCUT2D eigenvalue weighted by atomic mass is 19.4. The molecule has 1 aromatic carbocycles. The zero-order valence-corrected chi connectivity index (χ0v) is 14.6. The van der Waals surface area contributed by atoms with Crippen LogP contribution in [0.25, 0.3) is 0 Å². The van der Waals surface area contributed by atoms with Crippen LogP contribution in [0, 0.1) is 0 Å². The van der Waals surface area contributed by atoms with Crippen LogP contribution >= 0.6 is 0 Å². The summed E-state index contributed by atoms with van der Waals surface area (Å²) in [5.74, 6) is -0.231. The van der Waals surface area contributed by atoms with Gasteiger partial charge >= 0.3 is 12.5 Å². The summed E-state index contributed by atoms with van der Waals surface area (Å²) in [4.78, 5) is 15.8. The van der Waals surface area contributed by atoms with Crippen LogP contribution in [-0.4, -0.2) is 54.0 Å². The Morgan fingerprint density at radius 1 is 1.04 bits per heavy atom. The molecule has 1 aromatic rings. The molecule has 1 amide bonds. The van der Waals surface area contributed by atoms with Crippen molar-refractivity contribution in [3.63, 3.8) is 0 Å². The number of rotatable bonds is 3. The molecule has 1 aliphatic heterocycles. The molecule has 1 heterocycles. The molecular weight excluding hydrogens is 337 g/mol. The first-order valence-corrected chi connectivity index (χ1v) is 8.07. The predicted octanol–water partition coefficient (Wildman–Crippen LogP) is 3.64. The zero-order chi connectivity index (χ0) is 18.7. The third-order valence-electron chi connectivity index (χ3n) is 3.59. The number of amides is 1.